The van der Waals surface area contributed by atoms with Gasteiger partial charge in [0.05, 0.1) is 24.8 Å². The highest BCUT2D eigenvalue weighted by Gasteiger charge is 2.43. The average molecular weight is 334 g/mol. The Balaban J connectivity index is 1.68. The summed E-state index contributed by atoms with van der Waals surface area (Å²) in [6.45, 7) is 0. The molecule has 3 atom stereocenters. The van der Waals surface area contributed by atoms with Gasteiger partial charge in [0.25, 0.3) is 5.91 Å². The van der Waals surface area contributed by atoms with Crippen molar-refractivity contribution in [2.45, 2.75) is 18.9 Å². The lowest BCUT2D eigenvalue weighted by Gasteiger charge is -2.14. The Labute approximate surface area is 141 Å². The van der Waals surface area contributed by atoms with Gasteiger partial charge in [-0.25, -0.2) is 0 Å². The van der Waals surface area contributed by atoms with Crippen LogP contribution in [0.1, 0.15) is 23.2 Å². The van der Waals surface area contributed by atoms with Gasteiger partial charge in [0.1, 0.15) is 11.5 Å². The summed E-state index contributed by atoms with van der Waals surface area (Å²) in [5, 5.41) is 3.48. The van der Waals surface area contributed by atoms with Crippen molar-refractivity contribution in [3.63, 3.8) is 0 Å². The zero-order valence-corrected chi connectivity index (χ0v) is 14.0. The first-order chi connectivity index (χ1) is 11.1. The molecule has 0 spiro atoms. The Morgan fingerprint density at radius 1 is 1.22 bits per heavy atom. The minimum Gasteiger partial charge on any atom is -0.496 e. The molecule has 1 unspecified atom stereocenters. The molecular formula is C18H20ClNO3. The molecule has 1 fully saturated rings. The van der Waals surface area contributed by atoms with Crippen molar-refractivity contribution < 1.29 is 14.3 Å². The zero-order chi connectivity index (χ0) is 16.4. The minimum absolute atomic E-state index is 0.158. The monoisotopic (exact) mass is 333 g/mol. The third-order valence-corrected chi connectivity index (χ3v) is 4.73. The van der Waals surface area contributed by atoms with E-state index in [1.165, 1.54) is 14.2 Å². The first-order valence-corrected chi connectivity index (χ1v) is 8.07. The Morgan fingerprint density at radius 3 is 2.65 bits per heavy atom. The fourth-order valence-corrected chi connectivity index (χ4v) is 3.30. The topological polar surface area (TPSA) is 47.6 Å². The van der Waals surface area contributed by atoms with Crippen molar-refractivity contribution in [2.75, 3.05) is 14.2 Å². The van der Waals surface area contributed by atoms with E-state index < -0.39 is 0 Å². The number of methoxy groups -OCH3 is 2. The van der Waals surface area contributed by atoms with Crippen LogP contribution < -0.4 is 14.8 Å². The van der Waals surface area contributed by atoms with Crippen molar-refractivity contribution >= 4 is 17.5 Å². The van der Waals surface area contributed by atoms with Gasteiger partial charge in [-0.3, -0.25) is 4.79 Å². The van der Waals surface area contributed by atoms with E-state index in [0.717, 1.165) is 12.8 Å². The molecule has 1 amide bonds. The molecule has 23 heavy (non-hydrogen) atoms. The number of carbonyl (C=O) groups excluding carboxylic acids is 1. The smallest absolute Gasteiger partial charge is 0.255 e. The van der Waals surface area contributed by atoms with Crippen LogP contribution >= 0.6 is 11.6 Å². The van der Waals surface area contributed by atoms with Gasteiger partial charge in [0.2, 0.25) is 0 Å². The molecule has 1 saturated carbocycles. The lowest BCUT2D eigenvalue weighted by Crippen LogP contribution is -2.28. The summed E-state index contributed by atoms with van der Waals surface area (Å²) in [5.74, 6) is 1.82. The second-order valence-electron chi connectivity index (χ2n) is 5.88. The maximum atomic E-state index is 12.5. The average Bonchev–Trinajstić information content (AvgIpc) is 3.34. The van der Waals surface area contributed by atoms with E-state index in [1.54, 1.807) is 12.1 Å². The van der Waals surface area contributed by atoms with Crippen molar-refractivity contribution in [3.8, 4) is 11.5 Å². The van der Waals surface area contributed by atoms with Crippen molar-refractivity contribution in [1.82, 2.24) is 5.32 Å². The first kappa shape index (κ1) is 15.9. The molecular weight excluding hydrogens is 314 g/mol. The Bertz CT molecular complexity index is 668. The maximum absolute atomic E-state index is 12.5. The third kappa shape index (κ3) is 3.37. The molecule has 4 nitrogen and oxygen atoms in total. The summed E-state index contributed by atoms with van der Waals surface area (Å²) in [4.78, 5) is 12.5. The molecule has 0 radical (unpaired) electrons. The quantitative estimate of drug-likeness (QED) is 0.895. The number of ether oxygens (including phenoxy) is 2. The van der Waals surface area contributed by atoms with E-state index >= 15 is 0 Å². The molecule has 0 aliphatic heterocycles. The zero-order valence-electron chi connectivity index (χ0n) is 13.2. The minimum atomic E-state index is -0.158. The molecule has 3 rings (SSSR count). The summed E-state index contributed by atoms with van der Waals surface area (Å²) in [7, 11) is 3.06. The number of amides is 1. The summed E-state index contributed by atoms with van der Waals surface area (Å²) >= 11 is 6.13. The molecule has 5 heteroatoms. The van der Waals surface area contributed by atoms with Crippen LogP contribution in [0.15, 0.2) is 36.4 Å². The summed E-state index contributed by atoms with van der Waals surface area (Å²) in [6.07, 6.45) is 10.6. The molecule has 0 saturated heterocycles. The van der Waals surface area contributed by atoms with Crippen LogP contribution in [0.2, 0.25) is 5.02 Å². The SMILES string of the molecule is COc1cc(OC)c(C(=O)N[C@@H]2C[C@H]2C2C=CC=CC2)cc1Cl. The van der Waals surface area contributed by atoms with Crippen molar-refractivity contribution in [1.29, 1.82) is 0 Å². The number of allylic oxidation sites excluding steroid dienone is 4. The molecule has 0 heterocycles. The van der Waals surface area contributed by atoms with Crippen LogP contribution in [0.5, 0.6) is 11.5 Å². The van der Waals surface area contributed by atoms with Gasteiger partial charge in [0, 0.05) is 12.1 Å². The number of hydrogen-bond acceptors (Lipinski definition) is 3. The predicted molar refractivity (Wildman–Crippen MR) is 90.3 cm³/mol. The van der Waals surface area contributed by atoms with Gasteiger partial charge >= 0.3 is 0 Å². The molecule has 1 aromatic rings. The van der Waals surface area contributed by atoms with E-state index in [2.05, 4.69) is 29.6 Å². The summed E-state index contributed by atoms with van der Waals surface area (Å²) < 4.78 is 10.4. The Kier molecular flexibility index (Phi) is 4.62. The second kappa shape index (κ2) is 6.67. The van der Waals surface area contributed by atoms with Crippen LogP contribution in [0.3, 0.4) is 0 Å². The number of benzene rings is 1. The molecule has 1 aromatic carbocycles. The lowest BCUT2D eigenvalue weighted by molar-refractivity contribution is 0.0945. The predicted octanol–water partition coefficient (Wildman–Crippen LogP) is 3.61. The standard InChI is InChI=1S/C18H20ClNO3/c1-22-16-10-17(23-2)14(19)8-13(16)18(21)20-15-9-12(15)11-6-4-3-5-7-11/h3-6,8,10-12,15H,7,9H2,1-2H3,(H,20,21)/t11?,12-,15+/m0/s1. The van der Waals surface area contributed by atoms with Crippen molar-refractivity contribution in [3.05, 3.63) is 47.0 Å². The van der Waals surface area contributed by atoms with Gasteiger partial charge in [-0.15, -0.1) is 0 Å². The van der Waals surface area contributed by atoms with E-state index in [0.29, 0.717) is 33.9 Å². The number of nitrogens with one attached hydrogen (secondary N) is 1. The first-order valence-electron chi connectivity index (χ1n) is 7.69. The highest BCUT2D eigenvalue weighted by molar-refractivity contribution is 6.32. The lowest BCUT2D eigenvalue weighted by atomic mass is 9.95. The third-order valence-electron chi connectivity index (χ3n) is 4.44. The van der Waals surface area contributed by atoms with Gasteiger partial charge in [-0.1, -0.05) is 35.9 Å². The number of halogens is 1. The van der Waals surface area contributed by atoms with E-state index in [1.807, 2.05) is 0 Å². The largest absolute Gasteiger partial charge is 0.496 e. The number of rotatable bonds is 5. The maximum Gasteiger partial charge on any atom is 0.255 e. The number of carbonyl (C=O) groups is 1. The van der Waals surface area contributed by atoms with E-state index in [-0.39, 0.29) is 11.9 Å². The molecule has 122 valence electrons. The molecule has 2 aliphatic carbocycles. The Hall–Kier alpha value is -1.94. The van der Waals surface area contributed by atoms with Crippen LogP contribution in [0, 0.1) is 11.8 Å². The van der Waals surface area contributed by atoms with Gasteiger partial charge < -0.3 is 14.8 Å². The molecule has 2 aliphatic rings. The highest BCUT2D eigenvalue weighted by Crippen LogP contribution is 2.41. The van der Waals surface area contributed by atoms with Gasteiger partial charge in [-0.05, 0) is 30.7 Å². The molecule has 0 bridgehead atoms. The van der Waals surface area contributed by atoms with E-state index in [4.69, 9.17) is 21.1 Å². The van der Waals surface area contributed by atoms with E-state index in [9.17, 15) is 4.79 Å². The van der Waals surface area contributed by atoms with Crippen LogP contribution in [-0.2, 0) is 0 Å². The second-order valence-corrected chi connectivity index (χ2v) is 6.29. The number of hydrogen-bond donors (Lipinski definition) is 1. The summed E-state index contributed by atoms with van der Waals surface area (Å²) in [5.41, 5.74) is 0.433. The van der Waals surface area contributed by atoms with Crippen LogP contribution in [-0.4, -0.2) is 26.2 Å². The fraction of sp³-hybridized carbons (Fsp3) is 0.389. The van der Waals surface area contributed by atoms with Crippen LogP contribution in [0.25, 0.3) is 0 Å². The van der Waals surface area contributed by atoms with Crippen molar-refractivity contribution in [2.24, 2.45) is 11.8 Å². The summed E-state index contributed by atoms with van der Waals surface area (Å²) in [6, 6.07) is 3.44. The molecule has 1 N–H and O–H groups in total. The highest BCUT2D eigenvalue weighted by atomic mass is 35.5. The van der Waals surface area contributed by atoms with Gasteiger partial charge in [-0.2, -0.15) is 0 Å². The normalized spacial score (nSPS) is 25.1. The fourth-order valence-electron chi connectivity index (χ4n) is 3.05. The Morgan fingerprint density at radius 2 is 2.00 bits per heavy atom. The van der Waals surface area contributed by atoms with Crippen LogP contribution in [0.4, 0.5) is 0 Å². The molecule has 0 aromatic heterocycles. The van der Waals surface area contributed by atoms with Gasteiger partial charge in [0.15, 0.2) is 0 Å².